The van der Waals surface area contributed by atoms with Gasteiger partial charge in [-0.3, -0.25) is 9.59 Å². The quantitative estimate of drug-likeness (QED) is 0.0889. The molecule has 0 saturated heterocycles. The minimum atomic E-state index is -1.20. The van der Waals surface area contributed by atoms with Crippen molar-refractivity contribution in [3.8, 4) is 0 Å². The Morgan fingerprint density at radius 3 is 1.62 bits per heavy atom. The van der Waals surface area contributed by atoms with Crippen LogP contribution in [0, 0.1) is 5.92 Å². The summed E-state index contributed by atoms with van der Waals surface area (Å²) in [4.78, 5) is 49.3. The van der Waals surface area contributed by atoms with Gasteiger partial charge in [-0.25, -0.2) is 9.59 Å². The van der Waals surface area contributed by atoms with Crippen molar-refractivity contribution in [3.05, 3.63) is 0 Å². The molecule has 0 aliphatic heterocycles. The topological polar surface area (TPSA) is 189 Å². The van der Waals surface area contributed by atoms with Crippen LogP contribution in [0.1, 0.15) is 111 Å². The number of carbonyl (C=O) groups excluding carboxylic acids is 3. The molecule has 11 nitrogen and oxygen atoms in total. The number of carbonyl (C=O) groups is 4. The molecule has 0 heterocycles. The Kier molecular flexibility index (Phi) is 22.0. The van der Waals surface area contributed by atoms with Gasteiger partial charge in [0.25, 0.3) is 0 Å². The molecular weight excluding hydrogens is 500 g/mol. The molecular formula is C28H56N6O5. The molecule has 0 aromatic rings. The number of nitrogens with one attached hydrogen (secondary N) is 4. The van der Waals surface area contributed by atoms with Gasteiger partial charge in [-0.15, -0.1) is 0 Å². The molecule has 4 amide bonds. The van der Waals surface area contributed by atoms with E-state index in [-0.39, 0.29) is 31.8 Å². The van der Waals surface area contributed by atoms with Crippen molar-refractivity contribution in [2.24, 2.45) is 17.4 Å². The Labute approximate surface area is 235 Å². The molecule has 0 radical (unpaired) electrons. The zero-order chi connectivity index (χ0) is 29.5. The van der Waals surface area contributed by atoms with Gasteiger partial charge in [-0.1, -0.05) is 91.4 Å². The average molecular weight is 557 g/mol. The minimum absolute atomic E-state index is 0.0660. The molecule has 0 spiro atoms. The lowest BCUT2D eigenvalue weighted by molar-refractivity contribution is -0.142. The first-order valence-corrected chi connectivity index (χ1v) is 15.0. The van der Waals surface area contributed by atoms with Crippen molar-refractivity contribution in [2.75, 3.05) is 19.6 Å². The van der Waals surface area contributed by atoms with Gasteiger partial charge in [-0.2, -0.15) is 0 Å². The maximum absolute atomic E-state index is 12.9. The first-order valence-electron chi connectivity index (χ1n) is 15.0. The average Bonchev–Trinajstić information content (AvgIpc) is 2.88. The number of amides is 4. The van der Waals surface area contributed by atoms with Crippen LogP contribution in [0.15, 0.2) is 0 Å². The maximum atomic E-state index is 12.9. The van der Waals surface area contributed by atoms with Gasteiger partial charge in [0, 0.05) is 6.54 Å². The highest BCUT2D eigenvalue weighted by atomic mass is 16.4. The predicted molar refractivity (Wildman–Crippen MR) is 155 cm³/mol. The summed E-state index contributed by atoms with van der Waals surface area (Å²) in [6.45, 7) is 6.46. The third-order valence-corrected chi connectivity index (χ3v) is 6.71. The number of unbranched alkanes of at least 4 members (excludes halogenated alkanes) is 11. The Morgan fingerprint density at radius 1 is 0.667 bits per heavy atom. The fourth-order valence-electron chi connectivity index (χ4n) is 4.29. The van der Waals surface area contributed by atoms with Gasteiger partial charge in [0.05, 0.1) is 0 Å². The standard InChI is InChI=1S/C28H56N6O5/c1-4-5-6-7-8-9-10-11-12-13-14-15-20-31-28(39)33-22(16-18-29)25(35)34-24(21(2)3)26(36)32-23(17-19-30)27(37)38/h21-24H,4-20,29-30H2,1-3H3,(H,32,36)(H,34,35)(H,37,38)(H2,31,33,39)/t22?,23?,24-/m0/s1. The maximum Gasteiger partial charge on any atom is 0.326 e. The zero-order valence-corrected chi connectivity index (χ0v) is 24.6. The second-order valence-electron chi connectivity index (χ2n) is 10.6. The second kappa shape index (κ2) is 23.5. The largest absolute Gasteiger partial charge is 0.480 e. The van der Waals surface area contributed by atoms with E-state index in [9.17, 15) is 24.3 Å². The van der Waals surface area contributed by atoms with Crippen molar-refractivity contribution >= 4 is 23.8 Å². The summed E-state index contributed by atoms with van der Waals surface area (Å²) in [6.07, 6.45) is 15.1. The summed E-state index contributed by atoms with van der Waals surface area (Å²) in [5.74, 6) is -2.70. The molecule has 0 aliphatic carbocycles. The van der Waals surface area contributed by atoms with Crippen molar-refractivity contribution in [1.29, 1.82) is 0 Å². The van der Waals surface area contributed by atoms with E-state index >= 15 is 0 Å². The van der Waals surface area contributed by atoms with E-state index in [1.165, 1.54) is 57.8 Å². The Balaban J connectivity index is 4.42. The van der Waals surface area contributed by atoms with Crippen LogP contribution in [0.3, 0.4) is 0 Å². The first kappa shape index (κ1) is 36.6. The van der Waals surface area contributed by atoms with Crippen LogP contribution < -0.4 is 32.7 Å². The third kappa shape index (κ3) is 18.5. The van der Waals surface area contributed by atoms with Gasteiger partial charge < -0.3 is 37.8 Å². The highest BCUT2D eigenvalue weighted by Gasteiger charge is 2.30. The van der Waals surface area contributed by atoms with Crippen molar-refractivity contribution in [3.63, 3.8) is 0 Å². The smallest absolute Gasteiger partial charge is 0.326 e. The molecule has 0 bridgehead atoms. The van der Waals surface area contributed by atoms with Crippen LogP contribution in [0.2, 0.25) is 0 Å². The number of hydrogen-bond donors (Lipinski definition) is 7. The van der Waals surface area contributed by atoms with Gasteiger partial charge in [0.1, 0.15) is 18.1 Å². The summed E-state index contributed by atoms with van der Waals surface area (Å²) in [5.41, 5.74) is 11.1. The molecule has 228 valence electrons. The monoisotopic (exact) mass is 556 g/mol. The Morgan fingerprint density at radius 2 is 1.15 bits per heavy atom. The summed E-state index contributed by atoms with van der Waals surface area (Å²) >= 11 is 0. The summed E-state index contributed by atoms with van der Waals surface area (Å²) in [6, 6.07) is -3.52. The van der Waals surface area contributed by atoms with Crippen LogP contribution in [0.5, 0.6) is 0 Å². The van der Waals surface area contributed by atoms with E-state index in [4.69, 9.17) is 11.5 Å². The van der Waals surface area contributed by atoms with Gasteiger partial charge in [0.15, 0.2) is 0 Å². The second-order valence-corrected chi connectivity index (χ2v) is 10.6. The fourth-order valence-corrected chi connectivity index (χ4v) is 4.29. The van der Waals surface area contributed by atoms with Gasteiger partial charge >= 0.3 is 12.0 Å². The van der Waals surface area contributed by atoms with Crippen LogP contribution in [-0.4, -0.2) is 66.7 Å². The molecule has 9 N–H and O–H groups in total. The molecule has 0 aromatic carbocycles. The molecule has 11 heteroatoms. The summed E-state index contributed by atoms with van der Waals surface area (Å²) < 4.78 is 0. The molecule has 3 atom stereocenters. The zero-order valence-electron chi connectivity index (χ0n) is 24.6. The Hall–Kier alpha value is -2.40. The highest BCUT2D eigenvalue weighted by Crippen LogP contribution is 2.12. The molecule has 39 heavy (non-hydrogen) atoms. The molecule has 0 rings (SSSR count). The van der Waals surface area contributed by atoms with Crippen LogP contribution >= 0.6 is 0 Å². The molecule has 0 aliphatic rings. The van der Waals surface area contributed by atoms with Gasteiger partial charge in [0.2, 0.25) is 11.8 Å². The van der Waals surface area contributed by atoms with E-state index in [1.807, 2.05) is 0 Å². The number of urea groups is 1. The van der Waals surface area contributed by atoms with Gasteiger partial charge in [-0.05, 0) is 38.3 Å². The number of nitrogens with two attached hydrogens (primary N) is 2. The number of rotatable bonds is 24. The lowest BCUT2D eigenvalue weighted by atomic mass is 10.0. The van der Waals surface area contributed by atoms with Crippen LogP contribution in [-0.2, 0) is 14.4 Å². The third-order valence-electron chi connectivity index (χ3n) is 6.71. The summed E-state index contributed by atoms with van der Waals surface area (Å²) in [5, 5.41) is 19.8. The van der Waals surface area contributed by atoms with E-state index in [0.29, 0.717) is 6.54 Å². The lowest BCUT2D eigenvalue weighted by Crippen LogP contribution is -2.58. The first-order chi connectivity index (χ1) is 18.7. The molecule has 0 aromatic heterocycles. The number of carboxylic acids is 1. The van der Waals surface area contributed by atoms with Crippen molar-refractivity contribution < 1.29 is 24.3 Å². The fraction of sp³-hybridized carbons (Fsp3) is 0.857. The van der Waals surface area contributed by atoms with E-state index in [0.717, 1.165) is 19.3 Å². The number of aliphatic carboxylic acids is 1. The van der Waals surface area contributed by atoms with Crippen molar-refractivity contribution in [2.45, 2.75) is 129 Å². The number of carboxylic acid groups (broad SMARTS) is 1. The molecule has 0 saturated carbocycles. The van der Waals surface area contributed by atoms with E-state index < -0.39 is 41.9 Å². The summed E-state index contributed by atoms with van der Waals surface area (Å²) in [7, 11) is 0. The lowest BCUT2D eigenvalue weighted by Gasteiger charge is -2.26. The van der Waals surface area contributed by atoms with Crippen molar-refractivity contribution in [1.82, 2.24) is 21.3 Å². The predicted octanol–water partition coefficient (Wildman–Crippen LogP) is 2.76. The normalized spacial score (nSPS) is 13.4. The molecule has 0 fully saturated rings. The van der Waals surface area contributed by atoms with E-state index in [2.05, 4.69) is 28.2 Å². The van der Waals surface area contributed by atoms with Crippen LogP contribution in [0.4, 0.5) is 4.79 Å². The SMILES string of the molecule is CCCCCCCCCCCCCCNC(=O)NC(CCN)C(=O)N[C@H](C(=O)NC(CCN)C(=O)O)C(C)C. The van der Waals surface area contributed by atoms with E-state index in [1.54, 1.807) is 13.8 Å². The number of hydrogen-bond acceptors (Lipinski definition) is 6. The Bertz CT molecular complexity index is 691. The minimum Gasteiger partial charge on any atom is -0.480 e. The highest BCUT2D eigenvalue weighted by molar-refractivity contribution is 5.93. The van der Waals surface area contributed by atoms with Crippen LogP contribution in [0.25, 0.3) is 0 Å². The molecule has 2 unspecified atom stereocenters.